The highest BCUT2D eigenvalue weighted by Crippen LogP contribution is 2.25. The van der Waals surface area contributed by atoms with Crippen molar-refractivity contribution in [3.8, 4) is 0 Å². The summed E-state index contributed by atoms with van der Waals surface area (Å²) in [6, 6.07) is 2.42. The van der Waals surface area contributed by atoms with Crippen LogP contribution in [0.25, 0.3) is 5.52 Å². The molecule has 0 radical (unpaired) electrons. The Labute approximate surface area is 99.8 Å². The molecule has 0 spiro atoms. The fourth-order valence-corrected chi connectivity index (χ4v) is 2.45. The van der Waals surface area contributed by atoms with Crippen molar-refractivity contribution in [2.75, 3.05) is 12.4 Å². The summed E-state index contributed by atoms with van der Waals surface area (Å²) < 4.78 is 7.21. The molecule has 1 saturated carbocycles. The fourth-order valence-electron chi connectivity index (χ4n) is 2.45. The summed E-state index contributed by atoms with van der Waals surface area (Å²) in [5.41, 5.74) is 1.02. The van der Waals surface area contributed by atoms with Crippen LogP contribution >= 0.6 is 0 Å². The van der Waals surface area contributed by atoms with E-state index in [0.29, 0.717) is 12.1 Å². The third-order valence-corrected chi connectivity index (χ3v) is 3.38. The number of hydrogen-bond donors (Lipinski definition) is 1. The van der Waals surface area contributed by atoms with Gasteiger partial charge in [0.05, 0.1) is 12.3 Å². The highest BCUT2D eigenvalue weighted by molar-refractivity contribution is 5.67. The summed E-state index contributed by atoms with van der Waals surface area (Å²) in [6.07, 6.45) is 9.10. The van der Waals surface area contributed by atoms with Crippen molar-refractivity contribution in [1.29, 1.82) is 0 Å². The number of nitrogens with zero attached hydrogens (tertiary/aromatic N) is 3. The lowest BCUT2D eigenvalue weighted by molar-refractivity contribution is 0.108. The van der Waals surface area contributed by atoms with E-state index in [1.165, 1.54) is 0 Å². The second kappa shape index (κ2) is 4.33. The van der Waals surface area contributed by atoms with E-state index in [1.54, 1.807) is 19.5 Å². The van der Waals surface area contributed by atoms with Crippen molar-refractivity contribution in [3.05, 3.63) is 24.7 Å². The topological polar surface area (TPSA) is 51.5 Å². The Bertz CT molecular complexity index is 510. The largest absolute Gasteiger partial charge is 0.381 e. The summed E-state index contributed by atoms with van der Waals surface area (Å²) >= 11 is 0. The molecule has 5 heteroatoms. The maximum atomic E-state index is 5.37. The summed E-state index contributed by atoms with van der Waals surface area (Å²) in [4.78, 5) is 4.38. The van der Waals surface area contributed by atoms with Gasteiger partial charge in [-0.1, -0.05) is 0 Å². The number of anilines is 1. The third-order valence-electron chi connectivity index (χ3n) is 3.38. The van der Waals surface area contributed by atoms with Crippen LogP contribution in [0.4, 0.5) is 5.82 Å². The Morgan fingerprint density at radius 3 is 3.18 bits per heavy atom. The lowest BCUT2D eigenvalue weighted by atomic mass is 10.2. The average molecular weight is 232 g/mol. The highest BCUT2D eigenvalue weighted by Gasteiger charge is 2.24. The number of ether oxygens (including phenoxy) is 1. The molecule has 1 aliphatic carbocycles. The molecule has 0 aromatic carbocycles. The first kappa shape index (κ1) is 10.5. The molecular formula is C12H16N4O. The standard InChI is InChI=1S/C12H16N4O/c1-17-10-3-2-9(8-10)15-12-11-4-5-14-16(11)7-6-13-12/h4-7,9-10H,2-3,8H2,1H3,(H,13,15). The summed E-state index contributed by atoms with van der Waals surface area (Å²) in [7, 11) is 1.78. The third kappa shape index (κ3) is 1.98. The Kier molecular flexibility index (Phi) is 2.68. The summed E-state index contributed by atoms with van der Waals surface area (Å²) in [6.45, 7) is 0. The Morgan fingerprint density at radius 1 is 1.41 bits per heavy atom. The van der Waals surface area contributed by atoms with E-state index in [4.69, 9.17) is 4.74 Å². The van der Waals surface area contributed by atoms with Gasteiger partial charge < -0.3 is 10.1 Å². The number of methoxy groups -OCH3 is 1. The molecule has 2 heterocycles. The zero-order valence-electron chi connectivity index (χ0n) is 9.84. The van der Waals surface area contributed by atoms with E-state index in [2.05, 4.69) is 15.4 Å². The number of hydrogen-bond acceptors (Lipinski definition) is 4. The van der Waals surface area contributed by atoms with Crippen molar-refractivity contribution in [1.82, 2.24) is 14.6 Å². The van der Waals surface area contributed by atoms with Gasteiger partial charge in [-0.3, -0.25) is 0 Å². The average Bonchev–Trinajstić information content (AvgIpc) is 2.97. The van der Waals surface area contributed by atoms with E-state index in [-0.39, 0.29) is 0 Å². The molecule has 3 rings (SSSR count). The molecule has 2 unspecified atom stereocenters. The molecular weight excluding hydrogens is 216 g/mol. The van der Waals surface area contributed by atoms with Crippen LogP contribution in [0.2, 0.25) is 0 Å². The van der Waals surface area contributed by atoms with Gasteiger partial charge in [0.15, 0.2) is 5.82 Å². The zero-order valence-corrected chi connectivity index (χ0v) is 9.84. The van der Waals surface area contributed by atoms with Crippen LogP contribution in [0, 0.1) is 0 Å². The number of rotatable bonds is 3. The predicted octanol–water partition coefficient (Wildman–Crippen LogP) is 1.71. The van der Waals surface area contributed by atoms with Gasteiger partial charge in [-0.25, -0.2) is 9.50 Å². The minimum atomic E-state index is 0.386. The first-order chi connectivity index (χ1) is 8.36. The van der Waals surface area contributed by atoms with E-state index in [9.17, 15) is 0 Å². The smallest absolute Gasteiger partial charge is 0.152 e. The molecule has 0 aliphatic heterocycles. The van der Waals surface area contributed by atoms with Crippen LogP contribution in [0.5, 0.6) is 0 Å². The molecule has 2 aromatic heterocycles. The molecule has 2 atom stereocenters. The molecule has 0 bridgehead atoms. The van der Waals surface area contributed by atoms with Crippen LogP contribution < -0.4 is 5.32 Å². The maximum absolute atomic E-state index is 5.37. The number of fused-ring (bicyclic) bond motifs is 1. The lowest BCUT2D eigenvalue weighted by Gasteiger charge is -2.14. The van der Waals surface area contributed by atoms with Gasteiger partial charge in [0.25, 0.3) is 0 Å². The molecule has 1 N–H and O–H groups in total. The Hall–Kier alpha value is -1.62. The monoisotopic (exact) mass is 232 g/mol. The normalized spacial score (nSPS) is 24.3. The SMILES string of the molecule is COC1CCC(Nc2nccn3nccc23)C1. The summed E-state index contributed by atoms with van der Waals surface area (Å²) in [5.74, 6) is 0.909. The molecule has 5 nitrogen and oxygen atoms in total. The Balaban J connectivity index is 1.79. The molecule has 2 aromatic rings. The highest BCUT2D eigenvalue weighted by atomic mass is 16.5. The molecule has 17 heavy (non-hydrogen) atoms. The van der Waals surface area contributed by atoms with Crippen LogP contribution in [0.1, 0.15) is 19.3 Å². The van der Waals surface area contributed by atoms with E-state index in [1.807, 2.05) is 16.8 Å². The van der Waals surface area contributed by atoms with Crippen LogP contribution in [-0.2, 0) is 4.74 Å². The van der Waals surface area contributed by atoms with Crippen molar-refractivity contribution in [3.63, 3.8) is 0 Å². The van der Waals surface area contributed by atoms with Crippen LogP contribution in [0.3, 0.4) is 0 Å². The van der Waals surface area contributed by atoms with Gasteiger partial charge in [-0.05, 0) is 25.3 Å². The molecule has 1 aliphatic rings. The van der Waals surface area contributed by atoms with Gasteiger partial charge >= 0.3 is 0 Å². The van der Waals surface area contributed by atoms with Crippen molar-refractivity contribution < 1.29 is 4.74 Å². The van der Waals surface area contributed by atoms with Gasteiger partial charge in [0, 0.05) is 25.5 Å². The first-order valence-corrected chi connectivity index (χ1v) is 5.94. The zero-order chi connectivity index (χ0) is 11.7. The van der Waals surface area contributed by atoms with E-state index in [0.717, 1.165) is 30.6 Å². The number of aromatic nitrogens is 3. The second-order valence-electron chi connectivity index (χ2n) is 4.45. The molecule has 0 amide bonds. The summed E-state index contributed by atoms with van der Waals surface area (Å²) in [5, 5.41) is 7.68. The predicted molar refractivity (Wildman–Crippen MR) is 65.0 cm³/mol. The van der Waals surface area contributed by atoms with Crippen LogP contribution in [-0.4, -0.2) is 33.9 Å². The quantitative estimate of drug-likeness (QED) is 0.875. The minimum Gasteiger partial charge on any atom is -0.381 e. The fraction of sp³-hybridized carbons (Fsp3) is 0.500. The van der Waals surface area contributed by atoms with Gasteiger partial charge in [0.2, 0.25) is 0 Å². The van der Waals surface area contributed by atoms with Crippen molar-refractivity contribution in [2.24, 2.45) is 0 Å². The minimum absolute atomic E-state index is 0.386. The van der Waals surface area contributed by atoms with Gasteiger partial charge in [-0.2, -0.15) is 5.10 Å². The van der Waals surface area contributed by atoms with Gasteiger partial charge in [-0.15, -0.1) is 0 Å². The molecule has 90 valence electrons. The van der Waals surface area contributed by atoms with E-state index < -0.39 is 0 Å². The van der Waals surface area contributed by atoms with Crippen LogP contribution in [0.15, 0.2) is 24.7 Å². The molecule has 1 fully saturated rings. The first-order valence-electron chi connectivity index (χ1n) is 5.94. The number of nitrogens with one attached hydrogen (secondary N) is 1. The van der Waals surface area contributed by atoms with Crippen molar-refractivity contribution >= 4 is 11.3 Å². The maximum Gasteiger partial charge on any atom is 0.152 e. The second-order valence-corrected chi connectivity index (χ2v) is 4.45. The molecule has 0 saturated heterocycles. The van der Waals surface area contributed by atoms with Crippen molar-refractivity contribution in [2.45, 2.75) is 31.4 Å². The lowest BCUT2D eigenvalue weighted by Crippen LogP contribution is -2.18. The Morgan fingerprint density at radius 2 is 2.35 bits per heavy atom. The van der Waals surface area contributed by atoms with Gasteiger partial charge in [0.1, 0.15) is 5.52 Å². The van der Waals surface area contributed by atoms with E-state index >= 15 is 0 Å².